The molecule has 0 aromatic rings. The second-order valence-electron chi connectivity index (χ2n) is 3.81. The van der Waals surface area contributed by atoms with Crippen molar-refractivity contribution in [1.29, 1.82) is 0 Å². The summed E-state index contributed by atoms with van der Waals surface area (Å²) in [5, 5.41) is 8.96. The van der Waals surface area contributed by atoms with Crippen LogP contribution in [-0.4, -0.2) is 5.11 Å². The molecule has 2 nitrogen and oxygen atoms in total. The molecule has 0 bridgehead atoms. The van der Waals surface area contributed by atoms with Gasteiger partial charge in [0.2, 0.25) is 0 Å². The minimum Gasteiger partial charge on any atom is -0.513 e. The fraction of sp³-hybridized carbons (Fsp3) is 0.636. The molecule has 3 N–H and O–H groups in total. The summed E-state index contributed by atoms with van der Waals surface area (Å²) in [5.74, 6) is 0.864. The van der Waals surface area contributed by atoms with Gasteiger partial charge in [-0.1, -0.05) is 19.3 Å². The van der Waals surface area contributed by atoms with Crippen LogP contribution < -0.4 is 5.73 Å². The predicted octanol–water partition coefficient (Wildman–Crippen LogP) is 2.87. The maximum Gasteiger partial charge on any atom is 0.0892 e. The molecule has 0 aromatic heterocycles. The Morgan fingerprint density at radius 1 is 1.23 bits per heavy atom. The fourth-order valence-corrected chi connectivity index (χ4v) is 1.79. The van der Waals surface area contributed by atoms with E-state index in [1.165, 1.54) is 32.1 Å². The van der Waals surface area contributed by atoms with Gasteiger partial charge in [0.25, 0.3) is 0 Å². The number of aliphatic hydroxyl groups is 1. The smallest absolute Gasteiger partial charge is 0.0892 e. The number of hydrogen-bond donors (Lipinski definition) is 2. The summed E-state index contributed by atoms with van der Waals surface area (Å²) in [4.78, 5) is 0. The van der Waals surface area contributed by atoms with Gasteiger partial charge in [-0.3, -0.25) is 0 Å². The Morgan fingerprint density at radius 3 is 2.38 bits per heavy atom. The van der Waals surface area contributed by atoms with Gasteiger partial charge >= 0.3 is 0 Å². The van der Waals surface area contributed by atoms with E-state index < -0.39 is 0 Å². The summed E-state index contributed by atoms with van der Waals surface area (Å²) in [5.41, 5.74) is 6.83. The van der Waals surface area contributed by atoms with Crippen LogP contribution in [-0.2, 0) is 0 Å². The largest absolute Gasteiger partial charge is 0.513 e. The average Bonchev–Trinajstić information content (AvgIpc) is 2.15. The Labute approximate surface area is 80.1 Å². The van der Waals surface area contributed by atoms with Crippen molar-refractivity contribution in [1.82, 2.24) is 0 Å². The van der Waals surface area contributed by atoms with Crippen molar-refractivity contribution < 1.29 is 5.11 Å². The lowest BCUT2D eigenvalue weighted by atomic mass is 9.87. The van der Waals surface area contributed by atoms with Crippen LogP contribution >= 0.6 is 0 Å². The van der Waals surface area contributed by atoms with E-state index in [9.17, 15) is 0 Å². The van der Waals surface area contributed by atoms with Crippen LogP contribution in [0, 0.1) is 5.92 Å². The molecule has 1 saturated carbocycles. The van der Waals surface area contributed by atoms with E-state index in [1.54, 1.807) is 13.0 Å². The van der Waals surface area contributed by atoms with Gasteiger partial charge in [0.15, 0.2) is 0 Å². The van der Waals surface area contributed by atoms with Crippen molar-refractivity contribution in [3.05, 3.63) is 23.6 Å². The van der Waals surface area contributed by atoms with Crippen molar-refractivity contribution in [2.45, 2.75) is 39.0 Å². The SMILES string of the molecule is C/C(O)=C\C=C(/N)C1CCCCC1. The molecule has 2 heteroatoms. The third-order valence-corrected chi connectivity index (χ3v) is 2.59. The third-order valence-electron chi connectivity index (χ3n) is 2.59. The van der Waals surface area contributed by atoms with Gasteiger partial charge in [-0.05, 0) is 37.8 Å². The van der Waals surface area contributed by atoms with Gasteiger partial charge in [0.1, 0.15) is 0 Å². The van der Waals surface area contributed by atoms with Crippen LogP contribution in [0.3, 0.4) is 0 Å². The number of hydrogen-bond acceptors (Lipinski definition) is 2. The highest BCUT2D eigenvalue weighted by Gasteiger charge is 2.14. The first kappa shape index (κ1) is 10.2. The van der Waals surface area contributed by atoms with E-state index in [0.29, 0.717) is 11.7 Å². The Bertz CT molecular complexity index is 208. The van der Waals surface area contributed by atoms with E-state index >= 15 is 0 Å². The molecule has 0 aliphatic heterocycles. The highest BCUT2D eigenvalue weighted by molar-refractivity contribution is 5.13. The minimum absolute atomic E-state index is 0.318. The molecule has 0 aromatic carbocycles. The van der Waals surface area contributed by atoms with E-state index in [4.69, 9.17) is 10.8 Å². The Morgan fingerprint density at radius 2 is 1.85 bits per heavy atom. The summed E-state index contributed by atoms with van der Waals surface area (Å²) >= 11 is 0. The molecule has 0 atom stereocenters. The molecule has 0 saturated heterocycles. The van der Waals surface area contributed by atoms with Crippen molar-refractivity contribution >= 4 is 0 Å². The third kappa shape index (κ3) is 3.53. The molecular formula is C11H19NO. The van der Waals surface area contributed by atoms with E-state index in [-0.39, 0.29) is 0 Å². The van der Waals surface area contributed by atoms with Crippen LogP contribution in [0.4, 0.5) is 0 Å². The fourth-order valence-electron chi connectivity index (χ4n) is 1.79. The van der Waals surface area contributed by atoms with Gasteiger partial charge in [-0.2, -0.15) is 0 Å². The molecule has 13 heavy (non-hydrogen) atoms. The summed E-state index contributed by atoms with van der Waals surface area (Å²) < 4.78 is 0. The number of allylic oxidation sites excluding steroid dienone is 4. The zero-order valence-electron chi connectivity index (χ0n) is 8.29. The first-order valence-electron chi connectivity index (χ1n) is 5.03. The number of aliphatic hydroxyl groups excluding tert-OH is 1. The Balaban J connectivity index is 2.49. The number of nitrogens with two attached hydrogens (primary N) is 1. The van der Waals surface area contributed by atoms with E-state index in [1.807, 2.05) is 6.08 Å². The molecule has 0 amide bonds. The second-order valence-corrected chi connectivity index (χ2v) is 3.81. The molecule has 0 radical (unpaired) electrons. The highest BCUT2D eigenvalue weighted by atomic mass is 16.3. The zero-order chi connectivity index (χ0) is 9.68. The highest BCUT2D eigenvalue weighted by Crippen LogP contribution is 2.27. The first-order chi connectivity index (χ1) is 6.20. The molecule has 0 heterocycles. The standard InChI is InChI=1S/C11H19NO/c1-9(13)7-8-11(12)10-5-3-2-4-6-10/h7-8,10,13H,2-6,12H2,1H3/b9-7+,11-8-. The Hall–Kier alpha value is -0.920. The van der Waals surface area contributed by atoms with Crippen LogP contribution in [0.5, 0.6) is 0 Å². The first-order valence-corrected chi connectivity index (χ1v) is 5.03. The molecule has 1 aliphatic carbocycles. The van der Waals surface area contributed by atoms with Crippen molar-refractivity contribution in [3.63, 3.8) is 0 Å². The predicted molar refractivity (Wildman–Crippen MR) is 55.2 cm³/mol. The van der Waals surface area contributed by atoms with Gasteiger partial charge < -0.3 is 10.8 Å². The molecule has 1 rings (SSSR count). The minimum atomic E-state index is 0.318. The molecular weight excluding hydrogens is 162 g/mol. The molecule has 0 unspecified atom stereocenters. The Kier molecular flexibility index (Phi) is 3.87. The number of rotatable bonds is 2. The van der Waals surface area contributed by atoms with Gasteiger partial charge in [-0.25, -0.2) is 0 Å². The van der Waals surface area contributed by atoms with Crippen LogP contribution in [0.2, 0.25) is 0 Å². The molecule has 1 aliphatic rings. The summed E-state index contributed by atoms with van der Waals surface area (Å²) in [6.07, 6.45) is 9.86. The van der Waals surface area contributed by atoms with Crippen LogP contribution in [0.15, 0.2) is 23.6 Å². The summed E-state index contributed by atoms with van der Waals surface area (Å²) in [7, 11) is 0. The summed E-state index contributed by atoms with van der Waals surface area (Å²) in [6.45, 7) is 1.66. The van der Waals surface area contributed by atoms with Crippen molar-refractivity contribution in [2.24, 2.45) is 11.7 Å². The van der Waals surface area contributed by atoms with E-state index in [0.717, 1.165) is 5.70 Å². The van der Waals surface area contributed by atoms with Gasteiger partial charge in [-0.15, -0.1) is 0 Å². The molecule has 74 valence electrons. The van der Waals surface area contributed by atoms with Crippen molar-refractivity contribution in [3.8, 4) is 0 Å². The molecule has 0 spiro atoms. The van der Waals surface area contributed by atoms with E-state index in [2.05, 4.69) is 0 Å². The topological polar surface area (TPSA) is 46.2 Å². The maximum atomic E-state index is 8.96. The normalized spacial score (nSPS) is 21.9. The lowest BCUT2D eigenvalue weighted by Crippen LogP contribution is -2.14. The molecule has 1 fully saturated rings. The average molecular weight is 181 g/mol. The summed E-state index contributed by atoms with van der Waals surface area (Å²) in [6, 6.07) is 0. The lowest BCUT2D eigenvalue weighted by Gasteiger charge is -2.21. The lowest BCUT2D eigenvalue weighted by molar-refractivity contribution is 0.399. The van der Waals surface area contributed by atoms with Crippen molar-refractivity contribution in [2.75, 3.05) is 0 Å². The zero-order valence-corrected chi connectivity index (χ0v) is 8.29. The van der Waals surface area contributed by atoms with Gasteiger partial charge in [0, 0.05) is 5.70 Å². The quantitative estimate of drug-likeness (QED) is 0.508. The monoisotopic (exact) mass is 181 g/mol. The second kappa shape index (κ2) is 4.95. The van der Waals surface area contributed by atoms with Crippen LogP contribution in [0.1, 0.15) is 39.0 Å². The maximum absolute atomic E-state index is 8.96. The van der Waals surface area contributed by atoms with Crippen LogP contribution in [0.25, 0.3) is 0 Å². The van der Waals surface area contributed by atoms with Gasteiger partial charge in [0.05, 0.1) is 5.76 Å².